The number of carboxylic acids is 1. The Morgan fingerprint density at radius 2 is 1.85 bits per heavy atom. The second kappa shape index (κ2) is 10.6. The van der Waals surface area contributed by atoms with Crippen LogP contribution in [0.2, 0.25) is 0 Å². The van der Waals surface area contributed by atoms with Crippen LogP contribution in [0.15, 0.2) is 33.7 Å². The Morgan fingerprint density at radius 1 is 1.15 bits per heavy atom. The van der Waals surface area contributed by atoms with E-state index in [4.69, 9.17) is 5.11 Å². The number of nitrogens with one attached hydrogen (secondary N) is 2. The molecule has 1 aliphatic carbocycles. The van der Waals surface area contributed by atoms with Crippen LogP contribution in [0.3, 0.4) is 0 Å². The van der Waals surface area contributed by atoms with Crippen LogP contribution < -0.4 is 16.2 Å². The molecule has 4 N–H and O–H groups in total. The third-order valence-corrected chi connectivity index (χ3v) is 5.91. The number of halogens is 2. The summed E-state index contributed by atoms with van der Waals surface area (Å²) in [4.78, 5) is 49.2. The first-order valence-corrected chi connectivity index (χ1v) is 11.2. The lowest BCUT2D eigenvalue weighted by atomic mass is 9.95. The zero-order valence-electron chi connectivity index (χ0n) is 17.6. The molecule has 1 aromatic heterocycles. The van der Waals surface area contributed by atoms with Crippen molar-refractivity contribution in [2.75, 3.05) is 6.54 Å². The fraction of sp³-hybridized carbons (Fsp3) is 0.364. The third kappa shape index (κ3) is 5.98. The van der Waals surface area contributed by atoms with E-state index in [0.717, 1.165) is 42.9 Å². The molecule has 0 aliphatic heterocycles. The van der Waals surface area contributed by atoms with Crippen molar-refractivity contribution in [3.8, 4) is 5.75 Å². The Labute approximate surface area is 196 Å². The van der Waals surface area contributed by atoms with Crippen molar-refractivity contribution < 1.29 is 29.0 Å². The Bertz CT molecular complexity index is 1140. The minimum atomic E-state index is -1.36. The van der Waals surface area contributed by atoms with E-state index in [1.165, 1.54) is 12.1 Å². The van der Waals surface area contributed by atoms with Gasteiger partial charge in [-0.1, -0.05) is 41.3 Å². The Hall–Kier alpha value is -3.21. The molecule has 9 nitrogen and oxygen atoms in total. The molecule has 1 heterocycles. The summed E-state index contributed by atoms with van der Waals surface area (Å²) < 4.78 is 15.8. The van der Waals surface area contributed by atoms with Crippen LogP contribution >= 0.6 is 15.9 Å². The first-order chi connectivity index (χ1) is 15.7. The van der Waals surface area contributed by atoms with Gasteiger partial charge in [-0.25, -0.2) is 4.39 Å². The molecule has 1 aromatic carbocycles. The SMILES string of the molecule is O=C(O)CNC(=O)c1c(O)c(C(=O)NC2CCCCC2)cn(Cc2ccc(Br)cc2F)c1=O. The molecular weight excluding hydrogens is 501 g/mol. The molecule has 1 fully saturated rings. The van der Waals surface area contributed by atoms with E-state index in [1.807, 2.05) is 5.32 Å². The molecule has 2 aromatic rings. The van der Waals surface area contributed by atoms with Gasteiger partial charge in [-0.2, -0.15) is 0 Å². The number of rotatable bonds is 7. The van der Waals surface area contributed by atoms with Gasteiger partial charge in [0.25, 0.3) is 17.4 Å². The number of aliphatic carboxylic acids is 1. The molecule has 3 rings (SSSR count). The summed E-state index contributed by atoms with van der Waals surface area (Å²) in [6.07, 6.45) is 5.56. The summed E-state index contributed by atoms with van der Waals surface area (Å²) in [5.74, 6) is -4.67. The average Bonchev–Trinajstić information content (AvgIpc) is 2.76. The molecule has 176 valence electrons. The van der Waals surface area contributed by atoms with E-state index in [1.54, 1.807) is 6.07 Å². The largest absolute Gasteiger partial charge is 0.506 e. The molecule has 2 amide bonds. The van der Waals surface area contributed by atoms with Crippen molar-refractivity contribution in [3.05, 3.63) is 61.7 Å². The Kier molecular flexibility index (Phi) is 7.85. The summed E-state index contributed by atoms with van der Waals surface area (Å²) in [5, 5.41) is 24.2. The summed E-state index contributed by atoms with van der Waals surface area (Å²) in [5.41, 5.74) is -2.00. The predicted molar refractivity (Wildman–Crippen MR) is 120 cm³/mol. The predicted octanol–water partition coefficient (Wildman–Crippen LogP) is 2.38. The molecule has 0 spiro atoms. The molecule has 0 radical (unpaired) electrons. The quantitative estimate of drug-likeness (QED) is 0.439. The van der Waals surface area contributed by atoms with E-state index in [2.05, 4.69) is 21.2 Å². The minimum Gasteiger partial charge on any atom is -0.506 e. The molecule has 0 unspecified atom stereocenters. The molecule has 0 bridgehead atoms. The second-order valence-electron chi connectivity index (χ2n) is 7.82. The number of carboxylic acid groups (broad SMARTS) is 1. The Balaban J connectivity index is 2.03. The van der Waals surface area contributed by atoms with Crippen molar-refractivity contribution in [3.63, 3.8) is 0 Å². The van der Waals surface area contributed by atoms with Crippen molar-refractivity contribution >= 4 is 33.7 Å². The number of hydrogen-bond acceptors (Lipinski definition) is 5. The lowest BCUT2D eigenvalue weighted by molar-refractivity contribution is -0.135. The van der Waals surface area contributed by atoms with Gasteiger partial charge in [-0.05, 0) is 25.0 Å². The monoisotopic (exact) mass is 523 g/mol. The summed E-state index contributed by atoms with van der Waals surface area (Å²) in [6.45, 7) is -1.11. The zero-order valence-corrected chi connectivity index (χ0v) is 19.2. The van der Waals surface area contributed by atoms with Gasteiger partial charge in [0, 0.05) is 22.3 Å². The van der Waals surface area contributed by atoms with Crippen molar-refractivity contribution in [2.45, 2.75) is 44.7 Å². The number of nitrogens with zero attached hydrogens (tertiary/aromatic N) is 1. The van der Waals surface area contributed by atoms with Gasteiger partial charge in [0.15, 0.2) is 0 Å². The second-order valence-corrected chi connectivity index (χ2v) is 8.74. The fourth-order valence-electron chi connectivity index (χ4n) is 3.73. The first-order valence-electron chi connectivity index (χ1n) is 10.4. The molecule has 0 atom stereocenters. The highest BCUT2D eigenvalue weighted by Crippen LogP contribution is 2.23. The minimum absolute atomic E-state index is 0.112. The molecule has 33 heavy (non-hydrogen) atoms. The number of aromatic hydroxyl groups is 1. The zero-order chi connectivity index (χ0) is 24.1. The average molecular weight is 524 g/mol. The van der Waals surface area contributed by atoms with Crippen LogP contribution in [0.5, 0.6) is 5.75 Å². The van der Waals surface area contributed by atoms with E-state index < -0.39 is 47.0 Å². The van der Waals surface area contributed by atoms with Crippen LogP contribution in [0.1, 0.15) is 58.4 Å². The first kappa shape index (κ1) is 24.4. The molecule has 1 saturated carbocycles. The van der Waals surface area contributed by atoms with Gasteiger partial charge in [0.2, 0.25) is 0 Å². The lowest BCUT2D eigenvalue weighted by Crippen LogP contribution is -2.39. The highest BCUT2D eigenvalue weighted by molar-refractivity contribution is 9.10. The van der Waals surface area contributed by atoms with Gasteiger partial charge in [-0.3, -0.25) is 19.2 Å². The lowest BCUT2D eigenvalue weighted by Gasteiger charge is -2.23. The number of hydrogen-bond donors (Lipinski definition) is 4. The van der Waals surface area contributed by atoms with Gasteiger partial charge in [0.1, 0.15) is 23.7 Å². The van der Waals surface area contributed by atoms with Crippen molar-refractivity contribution in [1.82, 2.24) is 15.2 Å². The summed E-state index contributed by atoms with van der Waals surface area (Å²) in [7, 11) is 0. The molecule has 11 heteroatoms. The third-order valence-electron chi connectivity index (χ3n) is 5.42. The maximum absolute atomic E-state index is 14.4. The summed E-state index contributed by atoms with van der Waals surface area (Å²) in [6, 6.07) is 4.10. The van der Waals surface area contributed by atoms with Gasteiger partial charge >= 0.3 is 5.97 Å². The molecule has 0 saturated heterocycles. The Morgan fingerprint density at radius 3 is 2.48 bits per heavy atom. The summed E-state index contributed by atoms with van der Waals surface area (Å²) >= 11 is 3.15. The van der Waals surface area contributed by atoms with Gasteiger partial charge in [-0.15, -0.1) is 0 Å². The number of pyridine rings is 1. The van der Waals surface area contributed by atoms with E-state index >= 15 is 0 Å². The van der Waals surface area contributed by atoms with Crippen LogP contribution in [0.4, 0.5) is 4.39 Å². The van der Waals surface area contributed by atoms with Crippen LogP contribution in [-0.4, -0.2) is 45.2 Å². The van der Waals surface area contributed by atoms with Gasteiger partial charge in [0.05, 0.1) is 12.1 Å². The number of amides is 2. The smallest absolute Gasteiger partial charge is 0.322 e. The number of carbonyl (C=O) groups excluding carboxylic acids is 2. The number of aromatic nitrogens is 1. The maximum Gasteiger partial charge on any atom is 0.322 e. The van der Waals surface area contributed by atoms with E-state index in [-0.39, 0.29) is 23.7 Å². The topological polar surface area (TPSA) is 138 Å². The van der Waals surface area contributed by atoms with Crippen LogP contribution in [0.25, 0.3) is 0 Å². The van der Waals surface area contributed by atoms with E-state index in [9.17, 15) is 28.7 Å². The fourth-order valence-corrected chi connectivity index (χ4v) is 4.06. The van der Waals surface area contributed by atoms with Crippen LogP contribution in [-0.2, 0) is 11.3 Å². The molecular formula is C22H23BrFN3O6. The highest BCUT2D eigenvalue weighted by Gasteiger charge is 2.27. The van der Waals surface area contributed by atoms with E-state index in [0.29, 0.717) is 4.47 Å². The van der Waals surface area contributed by atoms with Gasteiger partial charge < -0.3 is 25.4 Å². The molecule has 1 aliphatic rings. The highest BCUT2D eigenvalue weighted by atomic mass is 79.9. The van der Waals surface area contributed by atoms with Crippen molar-refractivity contribution in [1.29, 1.82) is 0 Å². The standard InChI is InChI=1S/C22H23BrFN3O6/c23-13-7-6-12(16(24)8-13)10-27-11-15(20(31)26-14-4-2-1-3-5-14)19(30)18(22(27)33)21(32)25-9-17(28)29/h6-8,11,14,30H,1-5,9-10H2,(H,25,32)(H,26,31)(H,28,29). The number of benzene rings is 1. The normalized spacial score (nSPS) is 14.0. The number of carbonyl (C=O) groups is 3. The van der Waals surface area contributed by atoms with Crippen LogP contribution in [0, 0.1) is 5.82 Å². The van der Waals surface area contributed by atoms with Crippen molar-refractivity contribution in [2.24, 2.45) is 0 Å². The maximum atomic E-state index is 14.4.